The zero-order valence-corrected chi connectivity index (χ0v) is 16.0. The molecular formula is C9H17ClO11S3. The van der Waals surface area contributed by atoms with Gasteiger partial charge in [-0.05, 0) is 0 Å². The van der Waals surface area contributed by atoms with Gasteiger partial charge in [0.2, 0.25) is 5.79 Å². The van der Waals surface area contributed by atoms with Gasteiger partial charge < -0.3 is 9.84 Å². The monoisotopic (exact) mass is 432 g/mol. The van der Waals surface area contributed by atoms with E-state index >= 15 is 0 Å². The molecule has 1 aliphatic heterocycles. The maximum atomic E-state index is 11.4. The predicted octanol–water partition coefficient (Wildman–Crippen LogP) is -2.02. The summed E-state index contributed by atoms with van der Waals surface area (Å²) >= 11 is 5.97. The SMILES string of the molecule is CS(=O)(=O)OCC1(O)OCC(OS(C)(=O)=O)C(Cl)C1OS(C)(=O)=O. The minimum Gasteiger partial charge on any atom is -0.362 e. The molecule has 1 heterocycles. The van der Waals surface area contributed by atoms with E-state index in [9.17, 15) is 30.4 Å². The van der Waals surface area contributed by atoms with Gasteiger partial charge in [0.05, 0.1) is 30.8 Å². The summed E-state index contributed by atoms with van der Waals surface area (Å²) in [6.07, 6.45) is -1.20. The number of rotatable bonds is 7. The Morgan fingerprint density at radius 3 is 1.96 bits per heavy atom. The standard InChI is InChI=1S/C9H17ClO11S3/c1-22(12,13)19-5-9(11)8(21-24(3,16)17)7(10)6(4-18-9)20-23(2,14)15/h6-8,11H,4-5H2,1-3H3. The average Bonchev–Trinajstić information content (AvgIpc) is 2.33. The van der Waals surface area contributed by atoms with Crippen LogP contribution in [0.1, 0.15) is 0 Å². The molecule has 0 saturated carbocycles. The molecule has 1 rings (SSSR count). The molecule has 1 N–H and O–H groups in total. The second-order valence-corrected chi connectivity index (χ2v) is 10.5. The molecule has 4 unspecified atom stereocenters. The third kappa shape index (κ3) is 7.05. The van der Waals surface area contributed by atoms with Crippen LogP contribution in [0.5, 0.6) is 0 Å². The summed E-state index contributed by atoms with van der Waals surface area (Å²) in [5.74, 6) is -2.57. The third-order valence-corrected chi connectivity index (χ3v) is 4.85. The first-order valence-electron chi connectivity index (χ1n) is 6.14. The normalized spacial score (nSPS) is 32.6. The van der Waals surface area contributed by atoms with Crippen LogP contribution >= 0.6 is 11.6 Å². The summed E-state index contributed by atoms with van der Waals surface area (Å²) in [7, 11) is -12.2. The van der Waals surface area contributed by atoms with Crippen LogP contribution in [0.2, 0.25) is 0 Å². The van der Waals surface area contributed by atoms with Gasteiger partial charge in [-0.15, -0.1) is 11.6 Å². The van der Waals surface area contributed by atoms with Crippen molar-refractivity contribution in [1.82, 2.24) is 0 Å². The van der Waals surface area contributed by atoms with E-state index in [4.69, 9.17) is 16.3 Å². The molecule has 0 amide bonds. The minimum absolute atomic E-state index is 0.589. The molecule has 0 aromatic rings. The van der Waals surface area contributed by atoms with E-state index < -0.39 is 66.9 Å². The maximum absolute atomic E-state index is 11.4. The first-order valence-corrected chi connectivity index (χ1v) is 12.0. The van der Waals surface area contributed by atoms with E-state index in [1.54, 1.807) is 0 Å². The molecule has 0 aliphatic carbocycles. The van der Waals surface area contributed by atoms with Gasteiger partial charge in [-0.1, -0.05) is 0 Å². The van der Waals surface area contributed by atoms with Gasteiger partial charge in [0.15, 0.2) is 6.10 Å². The van der Waals surface area contributed by atoms with Gasteiger partial charge in [-0.2, -0.15) is 25.3 Å². The fourth-order valence-electron chi connectivity index (χ4n) is 1.78. The maximum Gasteiger partial charge on any atom is 0.264 e. The second kappa shape index (κ2) is 7.28. The topological polar surface area (TPSA) is 160 Å². The van der Waals surface area contributed by atoms with Gasteiger partial charge in [0.1, 0.15) is 12.7 Å². The lowest BCUT2D eigenvalue weighted by molar-refractivity contribution is -0.291. The Morgan fingerprint density at radius 1 is 1.04 bits per heavy atom. The van der Waals surface area contributed by atoms with E-state index in [0.717, 1.165) is 6.26 Å². The smallest absolute Gasteiger partial charge is 0.264 e. The van der Waals surface area contributed by atoms with Crippen LogP contribution in [-0.2, 0) is 47.6 Å². The number of alkyl halides is 1. The van der Waals surface area contributed by atoms with Gasteiger partial charge in [0.25, 0.3) is 30.4 Å². The van der Waals surface area contributed by atoms with Crippen molar-refractivity contribution in [2.45, 2.75) is 23.4 Å². The first kappa shape index (κ1) is 22.0. The largest absolute Gasteiger partial charge is 0.362 e. The highest BCUT2D eigenvalue weighted by atomic mass is 35.5. The minimum atomic E-state index is -4.18. The zero-order valence-electron chi connectivity index (χ0n) is 12.8. The van der Waals surface area contributed by atoms with Crippen LogP contribution in [0.4, 0.5) is 0 Å². The van der Waals surface area contributed by atoms with Crippen molar-refractivity contribution in [1.29, 1.82) is 0 Å². The summed E-state index contributed by atoms with van der Waals surface area (Å²) in [6.45, 7) is -1.62. The molecular weight excluding hydrogens is 416 g/mol. The summed E-state index contributed by atoms with van der Waals surface area (Å²) in [5.41, 5.74) is 0. The van der Waals surface area contributed by atoms with Crippen molar-refractivity contribution in [3.63, 3.8) is 0 Å². The lowest BCUT2D eigenvalue weighted by Crippen LogP contribution is -2.63. The summed E-state index contributed by atoms with van der Waals surface area (Å²) < 4.78 is 85.9. The lowest BCUT2D eigenvalue weighted by Gasteiger charge is -2.43. The molecule has 0 bridgehead atoms. The van der Waals surface area contributed by atoms with E-state index in [1.165, 1.54) is 0 Å². The van der Waals surface area contributed by atoms with Gasteiger partial charge in [0, 0.05) is 0 Å². The van der Waals surface area contributed by atoms with Crippen LogP contribution in [0.3, 0.4) is 0 Å². The molecule has 15 heteroatoms. The van der Waals surface area contributed by atoms with E-state index in [2.05, 4.69) is 12.5 Å². The van der Waals surface area contributed by atoms with Crippen LogP contribution in [0.25, 0.3) is 0 Å². The van der Waals surface area contributed by atoms with Crippen LogP contribution < -0.4 is 0 Å². The Morgan fingerprint density at radius 2 is 1.54 bits per heavy atom. The van der Waals surface area contributed by atoms with Crippen molar-refractivity contribution < 1.29 is 47.6 Å². The fourth-order valence-corrected chi connectivity index (χ4v) is 3.93. The molecule has 1 saturated heterocycles. The van der Waals surface area contributed by atoms with Crippen molar-refractivity contribution in [3.8, 4) is 0 Å². The second-order valence-electron chi connectivity index (χ2n) is 5.13. The number of hydrogen-bond acceptors (Lipinski definition) is 11. The van der Waals surface area contributed by atoms with Gasteiger partial charge in [-0.25, -0.2) is 0 Å². The highest BCUT2D eigenvalue weighted by Crippen LogP contribution is 2.33. The molecule has 0 radical (unpaired) electrons. The Balaban J connectivity index is 3.12. The lowest BCUT2D eigenvalue weighted by atomic mass is 10.0. The Hall–Kier alpha value is -0.0600. The Kier molecular flexibility index (Phi) is 6.67. The van der Waals surface area contributed by atoms with Crippen molar-refractivity contribution in [3.05, 3.63) is 0 Å². The van der Waals surface area contributed by atoms with Gasteiger partial charge >= 0.3 is 0 Å². The van der Waals surface area contributed by atoms with Gasteiger partial charge in [-0.3, -0.25) is 12.5 Å². The molecule has 0 spiro atoms. The quantitative estimate of drug-likeness (QED) is 0.349. The fraction of sp³-hybridized carbons (Fsp3) is 1.00. The van der Waals surface area contributed by atoms with E-state index in [1.807, 2.05) is 0 Å². The third-order valence-electron chi connectivity index (χ3n) is 2.64. The predicted molar refractivity (Wildman–Crippen MR) is 80.8 cm³/mol. The van der Waals surface area contributed by atoms with Crippen molar-refractivity contribution in [2.24, 2.45) is 0 Å². The number of aliphatic hydroxyl groups is 1. The average molecular weight is 433 g/mol. The summed E-state index contributed by atoms with van der Waals surface area (Å²) in [6, 6.07) is 0. The highest BCUT2D eigenvalue weighted by molar-refractivity contribution is 7.86. The number of halogens is 1. The van der Waals surface area contributed by atoms with E-state index in [-0.39, 0.29) is 0 Å². The van der Waals surface area contributed by atoms with E-state index in [0.29, 0.717) is 12.5 Å². The number of ether oxygens (including phenoxy) is 1. The number of hydrogen-bond donors (Lipinski definition) is 1. The molecule has 0 aromatic carbocycles. The summed E-state index contributed by atoms with van der Waals surface area (Å²) in [5, 5.41) is 8.84. The summed E-state index contributed by atoms with van der Waals surface area (Å²) in [4.78, 5) is 0. The van der Waals surface area contributed by atoms with Crippen LogP contribution in [0, 0.1) is 0 Å². The Labute approximate surface area is 145 Å². The molecule has 1 aliphatic rings. The molecule has 1 fully saturated rings. The molecule has 24 heavy (non-hydrogen) atoms. The molecule has 0 aromatic heterocycles. The molecule has 11 nitrogen and oxygen atoms in total. The van der Waals surface area contributed by atoms with Crippen molar-refractivity contribution in [2.75, 3.05) is 32.0 Å². The van der Waals surface area contributed by atoms with Crippen LogP contribution in [-0.4, -0.2) is 85.7 Å². The highest BCUT2D eigenvalue weighted by Gasteiger charge is 2.54. The van der Waals surface area contributed by atoms with Crippen molar-refractivity contribution >= 4 is 42.0 Å². The molecule has 4 atom stereocenters. The molecule has 144 valence electrons. The Bertz CT molecular complexity index is 759. The zero-order chi connectivity index (χ0) is 19.0. The first-order chi connectivity index (χ1) is 10.5. The van der Waals surface area contributed by atoms with Crippen LogP contribution in [0.15, 0.2) is 0 Å².